The smallest absolute Gasteiger partial charge is 0.328 e. The monoisotopic (exact) mass is 906 g/mol. The maximum absolute atomic E-state index is 13.4. The summed E-state index contributed by atoms with van der Waals surface area (Å²) in [6.45, 7) is 1.36. The number of halogens is 1. The molecule has 1 fully saturated rings. The fourth-order valence-electron chi connectivity index (χ4n) is 5.67. The fraction of sp³-hybridized carbons (Fsp3) is 0.541. The summed E-state index contributed by atoms with van der Waals surface area (Å²) >= 11 is 3.38. The number of H-pyrrole nitrogens is 1. The van der Waals surface area contributed by atoms with Gasteiger partial charge in [-0.1, -0.05) is 28.1 Å². The number of carbonyl (C=O) groups excluding carboxylic acids is 7. The van der Waals surface area contributed by atoms with E-state index in [0.29, 0.717) is 24.1 Å². The van der Waals surface area contributed by atoms with Crippen molar-refractivity contribution in [3.63, 3.8) is 0 Å². The number of nitrogens with two attached hydrogens (primary N) is 3. The molecule has 13 N–H and O–H groups in total. The second-order valence-electron chi connectivity index (χ2n) is 13.4. The molecule has 60 heavy (non-hydrogen) atoms. The molecule has 23 heteroatoms. The van der Waals surface area contributed by atoms with Gasteiger partial charge in [-0.15, -0.1) is 0 Å². The van der Waals surface area contributed by atoms with Crippen molar-refractivity contribution in [2.75, 3.05) is 59.2 Å². The van der Waals surface area contributed by atoms with E-state index in [-0.39, 0.29) is 103 Å². The molecule has 0 spiro atoms. The van der Waals surface area contributed by atoms with E-state index in [1.54, 1.807) is 30.5 Å². The predicted octanol–water partition coefficient (Wildman–Crippen LogP) is -2.58. The third kappa shape index (κ3) is 19.4. The van der Waals surface area contributed by atoms with Gasteiger partial charge >= 0.3 is 5.97 Å². The molecule has 6 amide bonds. The number of imidazole rings is 1. The first-order chi connectivity index (χ1) is 28.8. The summed E-state index contributed by atoms with van der Waals surface area (Å²) in [5.74, 6) is -3.52. The standard InChI is InChI=1S/C37H55BrN12O10/c38-24-5-3-23(4-6-24)28(19-32(53)47-26(2-1-10-45-37(40)41)35(56)50-27-9-13-60-36(27)57)48-31(52)8-7-30(51)43-11-14-58-16-17-59-15-12-44-34(55)29(49-33(54)20-39)18-25-21-42-22-46-25/h3-6,21-22,26-29H,1-2,7-20,39H2,(H,42,46)(H,43,51)(H,44,55)(H,47,53)(H,48,52)(H,49,54)(H,50,56)(H4,40,41,45)/t26-,27-,28?,29-/m0/s1. The van der Waals surface area contributed by atoms with Gasteiger partial charge in [-0.3, -0.25) is 33.8 Å². The Labute approximate surface area is 355 Å². The van der Waals surface area contributed by atoms with E-state index in [1.165, 1.54) is 6.33 Å². The van der Waals surface area contributed by atoms with Crippen molar-refractivity contribution in [3.05, 3.63) is 52.5 Å². The van der Waals surface area contributed by atoms with Crippen LogP contribution < -0.4 is 49.1 Å². The number of hydrogen-bond acceptors (Lipinski definition) is 13. The zero-order chi connectivity index (χ0) is 43.7. The number of aromatic amines is 1. The van der Waals surface area contributed by atoms with Crippen molar-refractivity contribution in [2.45, 2.75) is 69.1 Å². The van der Waals surface area contributed by atoms with Crippen LogP contribution in [0.15, 0.2) is 46.3 Å². The highest BCUT2D eigenvalue weighted by Crippen LogP contribution is 2.21. The number of nitrogens with one attached hydrogen (secondary N) is 7. The molecule has 0 aliphatic carbocycles. The largest absolute Gasteiger partial charge is 0.464 e. The SMILES string of the molecule is NCC(=O)N[C@@H](Cc1cnc[nH]1)C(=O)NCCOCCOCCNC(=O)CCC(=O)NC(CC(=O)N[C@@H](CCCN=C(N)N)C(=O)N[C@H]1CCOC1=O)c1ccc(Br)cc1. The maximum atomic E-state index is 13.4. The van der Waals surface area contributed by atoms with Crippen LogP contribution in [0.2, 0.25) is 0 Å². The predicted molar refractivity (Wildman–Crippen MR) is 219 cm³/mol. The van der Waals surface area contributed by atoms with E-state index < -0.39 is 59.7 Å². The lowest BCUT2D eigenvalue weighted by molar-refractivity contribution is -0.141. The van der Waals surface area contributed by atoms with Crippen molar-refractivity contribution < 1.29 is 47.8 Å². The van der Waals surface area contributed by atoms with Gasteiger partial charge in [0, 0.05) is 61.7 Å². The molecule has 0 bridgehead atoms. The third-order valence-corrected chi connectivity index (χ3v) is 9.26. The topological polar surface area (TPSA) is 338 Å². The summed E-state index contributed by atoms with van der Waals surface area (Å²) in [5, 5.41) is 16.1. The highest BCUT2D eigenvalue weighted by Gasteiger charge is 2.31. The second-order valence-corrected chi connectivity index (χ2v) is 14.3. The Morgan fingerprint density at radius 3 is 2.20 bits per heavy atom. The normalized spacial score (nSPS) is 14.8. The Morgan fingerprint density at radius 2 is 1.57 bits per heavy atom. The Bertz CT molecular complexity index is 1730. The van der Waals surface area contributed by atoms with Crippen LogP contribution in [-0.2, 0) is 54.2 Å². The molecule has 0 saturated carbocycles. The zero-order valence-corrected chi connectivity index (χ0v) is 34.8. The number of guanidine groups is 1. The molecular weight excluding hydrogens is 852 g/mol. The average molecular weight is 908 g/mol. The van der Waals surface area contributed by atoms with Crippen molar-refractivity contribution in [3.8, 4) is 0 Å². The number of benzene rings is 1. The summed E-state index contributed by atoms with van der Waals surface area (Å²) in [7, 11) is 0. The van der Waals surface area contributed by atoms with E-state index >= 15 is 0 Å². The van der Waals surface area contributed by atoms with Crippen molar-refractivity contribution >= 4 is 63.3 Å². The first-order valence-electron chi connectivity index (χ1n) is 19.4. The highest BCUT2D eigenvalue weighted by atomic mass is 79.9. The van der Waals surface area contributed by atoms with Gasteiger partial charge in [0.2, 0.25) is 35.4 Å². The molecular formula is C37H55BrN12O10. The van der Waals surface area contributed by atoms with Crippen LogP contribution in [0, 0.1) is 0 Å². The molecule has 22 nitrogen and oxygen atoms in total. The number of aliphatic imine (C=N–C) groups is 1. The fourth-order valence-corrected chi connectivity index (χ4v) is 5.94. The van der Waals surface area contributed by atoms with Gasteiger partial charge < -0.3 is 68.3 Å². The number of hydrogen-bond donors (Lipinski definition) is 10. The molecule has 0 radical (unpaired) electrons. The Hall–Kier alpha value is -5.65. The number of ether oxygens (including phenoxy) is 3. The Morgan fingerprint density at radius 1 is 0.883 bits per heavy atom. The summed E-state index contributed by atoms with van der Waals surface area (Å²) in [5.41, 5.74) is 17.4. The number of aromatic nitrogens is 2. The molecule has 1 aromatic heterocycles. The van der Waals surface area contributed by atoms with Crippen LogP contribution in [0.3, 0.4) is 0 Å². The Balaban J connectivity index is 1.37. The van der Waals surface area contributed by atoms with Crippen molar-refractivity contribution in [1.29, 1.82) is 0 Å². The van der Waals surface area contributed by atoms with E-state index in [2.05, 4.69) is 62.8 Å². The molecule has 3 rings (SSSR count). The average Bonchev–Trinajstić information content (AvgIpc) is 3.89. The summed E-state index contributed by atoms with van der Waals surface area (Å²) in [4.78, 5) is 99.0. The molecule has 2 aromatic rings. The van der Waals surface area contributed by atoms with Crippen molar-refractivity contribution in [1.82, 2.24) is 41.9 Å². The van der Waals surface area contributed by atoms with Gasteiger partial charge in [0.1, 0.15) is 18.1 Å². The lowest BCUT2D eigenvalue weighted by Gasteiger charge is -2.23. The molecule has 1 saturated heterocycles. The molecule has 330 valence electrons. The summed E-state index contributed by atoms with van der Waals surface area (Å²) in [6.07, 6.45) is 3.53. The van der Waals surface area contributed by atoms with E-state index in [1.807, 2.05) is 0 Å². The third-order valence-electron chi connectivity index (χ3n) is 8.73. The van der Waals surface area contributed by atoms with Crippen LogP contribution in [-0.4, -0.2) is 135 Å². The molecule has 2 heterocycles. The minimum Gasteiger partial charge on any atom is -0.464 e. The van der Waals surface area contributed by atoms with Gasteiger partial charge in [0.25, 0.3) is 0 Å². The number of carbonyl (C=O) groups is 7. The van der Waals surface area contributed by atoms with Crippen LogP contribution in [0.25, 0.3) is 0 Å². The minimum absolute atomic E-state index is 0.115. The number of rotatable bonds is 28. The molecule has 4 atom stereocenters. The molecule has 1 aromatic carbocycles. The highest BCUT2D eigenvalue weighted by molar-refractivity contribution is 9.10. The van der Waals surface area contributed by atoms with Crippen LogP contribution >= 0.6 is 15.9 Å². The van der Waals surface area contributed by atoms with Gasteiger partial charge in [0.05, 0.1) is 58.4 Å². The molecule has 1 aliphatic heterocycles. The summed E-state index contributed by atoms with van der Waals surface area (Å²) < 4.78 is 16.7. The van der Waals surface area contributed by atoms with Gasteiger partial charge in [-0.2, -0.15) is 0 Å². The number of amides is 6. The maximum Gasteiger partial charge on any atom is 0.328 e. The van der Waals surface area contributed by atoms with Crippen LogP contribution in [0.4, 0.5) is 0 Å². The first kappa shape index (κ1) is 48.7. The van der Waals surface area contributed by atoms with Crippen molar-refractivity contribution in [2.24, 2.45) is 22.2 Å². The van der Waals surface area contributed by atoms with E-state index in [9.17, 15) is 33.6 Å². The van der Waals surface area contributed by atoms with Crippen LogP contribution in [0.5, 0.6) is 0 Å². The quantitative estimate of drug-likeness (QED) is 0.0182. The minimum atomic E-state index is -1.03. The zero-order valence-electron chi connectivity index (χ0n) is 33.2. The van der Waals surface area contributed by atoms with E-state index in [4.69, 9.17) is 31.4 Å². The van der Waals surface area contributed by atoms with Gasteiger partial charge in [-0.25, -0.2) is 9.78 Å². The van der Waals surface area contributed by atoms with E-state index in [0.717, 1.165) is 4.47 Å². The molecule has 1 unspecified atom stereocenters. The first-order valence-corrected chi connectivity index (χ1v) is 20.2. The van der Waals surface area contributed by atoms with Gasteiger partial charge in [-0.05, 0) is 30.5 Å². The Kier molecular flexibility index (Phi) is 22.1. The summed E-state index contributed by atoms with van der Waals surface area (Å²) in [6, 6.07) is 3.48. The van der Waals surface area contributed by atoms with Gasteiger partial charge in [0.15, 0.2) is 5.96 Å². The lowest BCUT2D eigenvalue weighted by atomic mass is 10.0. The number of esters is 1. The number of cyclic esters (lactones) is 1. The number of nitrogens with zero attached hydrogens (tertiary/aromatic N) is 2. The second kappa shape index (κ2) is 27.2. The molecule has 1 aliphatic rings. The van der Waals surface area contributed by atoms with Crippen LogP contribution in [0.1, 0.15) is 55.8 Å². The lowest BCUT2D eigenvalue weighted by Crippen LogP contribution is -2.51.